The van der Waals surface area contributed by atoms with Crippen LogP contribution in [0.5, 0.6) is 0 Å². The highest BCUT2D eigenvalue weighted by molar-refractivity contribution is 5.90. The lowest BCUT2D eigenvalue weighted by molar-refractivity contribution is -0.113. The maximum Gasteiger partial charge on any atom is 0.241 e. The molecular weight excluding hydrogens is 231 g/mol. The van der Waals surface area contributed by atoms with Crippen LogP contribution in [0.1, 0.15) is 5.56 Å². The Bertz CT molecular complexity index is 591. The Kier molecular flexibility index (Phi) is 3.48. The normalized spacial score (nSPS) is 10.7. The zero-order valence-electron chi connectivity index (χ0n) is 9.51. The van der Waals surface area contributed by atoms with Gasteiger partial charge < -0.3 is 5.73 Å². The van der Waals surface area contributed by atoms with Crippen molar-refractivity contribution in [3.8, 4) is 11.1 Å². The Labute approximate surface area is 104 Å². The average Bonchev–Trinajstić information content (AvgIpc) is 2.37. The highest BCUT2D eigenvalue weighted by atomic mass is 19.1. The van der Waals surface area contributed by atoms with Crippen molar-refractivity contribution in [2.75, 3.05) is 0 Å². The highest BCUT2D eigenvalue weighted by Crippen LogP contribution is 2.20. The van der Waals surface area contributed by atoms with Crippen LogP contribution in [0.2, 0.25) is 0 Å². The van der Waals surface area contributed by atoms with Gasteiger partial charge in [0, 0.05) is 24.0 Å². The number of rotatable bonds is 3. The number of amides is 1. The van der Waals surface area contributed by atoms with E-state index in [-0.39, 0.29) is 5.82 Å². The van der Waals surface area contributed by atoms with Gasteiger partial charge in [0.25, 0.3) is 0 Å². The second-order valence-corrected chi connectivity index (χ2v) is 3.75. The first-order valence-corrected chi connectivity index (χ1v) is 5.33. The number of hydrogen-bond donors (Lipinski definition) is 1. The van der Waals surface area contributed by atoms with Crippen LogP contribution in [0.4, 0.5) is 4.39 Å². The summed E-state index contributed by atoms with van der Waals surface area (Å²) < 4.78 is 12.8. The van der Waals surface area contributed by atoms with Crippen LogP contribution in [0.15, 0.2) is 48.8 Å². The van der Waals surface area contributed by atoms with Crippen molar-refractivity contribution in [1.82, 2.24) is 4.98 Å². The fourth-order valence-electron chi connectivity index (χ4n) is 1.53. The molecule has 1 aromatic heterocycles. The van der Waals surface area contributed by atoms with Crippen molar-refractivity contribution >= 4 is 12.0 Å². The highest BCUT2D eigenvalue weighted by Gasteiger charge is 1.99. The summed E-state index contributed by atoms with van der Waals surface area (Å²) in [5.74, 6) is -0.793. The molecule has 1 amide bonds. The lowest BCUT2D eigenvalue weighted by atomic mass is 10.1. The minimum Gasteiger partial charge on any atom is -0.366 e. The first kappa shape index (κ1) is 12.0. The molecule has 4 heteroatoms. The molecule has 0 aliphatic heterocycles. The van der Waals surface area contributed by atoms with Crippen molar-refractivity contribution in [3.63, 3.8) is 0 Å². The standard InChI is InChI=1S/C14H11FN2O/c15-13-4-2-11(3-5-13)12-7-10(8-17-9-12)1-6-14(16)18/h1-9H,(H2,16,18)/b6-1+. The monoisotopic (exact) mass is 242 g/mol. The second-order valence-electron chi connectivity index (χ2n) is 3.75. The summed E-state index contributed by atoms with van der Waals surface area (Å²) in [4.78, 5) is 14.7. The molecule has 0 atom stereocenters. The van der Waals surface area contributed by atoms with Gasteiger partial charge in [0.05, 0.1) is 0 Å². The van der Waals surface area contributed by atoms with Gasteiger partial charge in [-0.25, -0.2) is 4.39 Å². The molecule has 0 bridgehead atoms. The molecule has 0 radical (unpaired) electrons. The van der Waals surface area contributed by atoms with Crippen LogP contribution >= 0.6 is 0 Å². The lowest BCUT2D eigenvalue weighted by Gasteiger charge is -2.02. The molecule has 90 valence electrons. The summed E-state index contributed by atoms with van der Waals surface area (Å²) in [5, 5.41) is 0. The Hall–Kier alpha value is -2.49. The molecule has 3 nitrogen and oxygen atoms in total. The maximum atomic E-state index is 12.8. The van der Waals surface area contributed by atoms with Crippen LogP contribution in [0.25, 0.3) is 17.2 Å². The molecule has 2 rings (SSSR count). The van der Waals surface area contributed by atoms with E-state index >= 15 is 0 Å². The van der Waals surface area contributed by atoms with Crippen LogP contribution in [-0.2, 0) is 4.79 Å². The van der Waals surface area contributed by atoms with Crippen molar-refractivity contribution in [2.24, 2.45) is 5.73 Å². The predicted octanol–water partition coefficient (Wildman–Crippen LogP) is 2.39. The van der Waals surface area contributed by atoms with Gasteiger partial charge in [-0.1, -0.05) is 12.1 Å². The summed E-state index contributed by atoms with van der Waals surface area (Å²) in [5.41, 5.74) is 7.49. The van der Waals surface area contributed by atoms with Crippen LogP contribution in [0, 0.1) is 5.82 Å². The van der Waals surface area contributed by atoms with E-state index in [2.05, 4.69) is 4.98 Å². The number of benzene rings is 1. The minimum absolute atomic E-state index is 0.281. The number of carbonyl (C=O) groups excluding carboxylic acids is 1. The molecule has 0 saturated heterocycles. The third-order valence-corrected chi connectivity index (χ3v) is 2.38. The molecule has 18 heavy (non-hydrogen) atoms. The van der Waals surface area contributed by atoms with E-state index in [0.29, 0.717) is 0 Å². The van der Waals surface area contributed by atoms with E-state index in [1.54, 1.807) is 30.6 Å². The Morgan fingerprint density at radius 2 is 1.89 bits per heavy atom. The Morgan fingerprint density at radius 3 is 2.56 bits per heavy atom. The molecule has 1 heterocycles. The summed E-state index contributed by atoms with van der Waals surface area (Å²) >= 11 is 0. The molecule has 0 unspecified atom stereocenters. The van der Waals surface area contributed by atoms with Gasteiger partial charge in [0.2, 0.25) is 5.91 Å². The van der Waals surface area contributed by atoms with Gasteiger partial charge in [0.1, 0.15) is 5.82 Å². The average molecular weight is 242 g/mol. The fraction of sp³-hybridized carbons (Fsp3) is 0. The van der Waals surface area contributed by atoms with E-state index in [1.807, 2.05) is 6.07 Å². The number of nitrogens with zero attached hydrogens (tertiary/aromatic N) is 1. The van der Waals surface area contributed by atoms with Crippen LogP contribution in [-0.4, -0.2) is 10.9 Å². The van der Waals surface area contributed by atoms with E-state index < -0.39 is 5.91 Å². The lowest BCUT2D eigenvalue weighted by Crippen LogP contribution is -2.05. The van der Waals surface area contributed by atoms with Gasteiger partial charge >= 0.3 is 0 Å². The summed E-state index contributed by atoms with van der Waals surface area (Å²) in [6.07, 6.45) is 6.15. The molecule has 0 saturated carbocycles. The third kappa shape index (κ3) is 3.01. The van der Waals surface area contributed by atoms with Gasteiger partial charge in [-0.2, -0.15) is 0 Å². The Morgan fingerprint density at radius 1 is 1.17 bits per heavy atom. The number of hydrogen-bond acceptors (Lipinski definition) is 2. The maximum absolute atomic E-state index is 12.8. The third-order valence-electron chi connectivity index (χ3n) is 2.38. The molecular formula is C14H11FN2O. The molecule has 0 spiro atoms. The second kappa shape index (κ2) is 5.23. The largest absolute Gasteiger partial charge is 0.366 e. The Balaban J connectivity index is 2.32. The van der Waals surface area contributed by atoms with Gasteiger partial charge in [-0.3, -0.25) is 9.78 Å². The van der Waals surface area contributed by atoms with E-state index in [4.69, 9.17) is 5.73 Å². The van der Waals surface area contributed by atoms with E-state index in [1.165, 1.54) is 18.2 Å². The SMILES string of the molecule is NC(=O)/C=C/c1cncc(-c2ccc(F)cc2)c1. The van der Waals surface area contributed by atoms with Crippen LogP contribution < -0.4 is 5.73 Å². The molecule has 1 aromatic carbocycles. The number of pyridine rings is 1. The summed E-state index contributed by atoms with van der Waals surface area (Å²) in [6.45, 7) is 0. The number of halogens is 1. The van der Waals surface area contributed by atoms with Gasteiger partial charge in [-0.15, -0.1) is 0 Å². The van der Waals surface area contributed by atoms with Crippen molar-refractivity contribution in [1.29, 1.82) is 0 Å². The quantitative estimate of drug-likeness (QED) is 0.840. The van der Waals surface area contributed by atoms with Crippen LogP contribution in [0.3, 0.4) is 0 Å². The summed E-state index contributed by atoms with van der Waals surface area (Å²) in [7, 11) is 0. The number of carbonyl (C=O) groups is 1. The zero-order valence-corrected chi connectivity index (χ0v) is 9.51. The number of aromatic nitrogens is 1. The summed E-state index contributed by atoms with van der Waals surface area (Å²) in [6, 6.07) is 7.98. The number of nitrogens with two attached hydrogens (primary N) is 1. The molecule has 2 aromatic rings. The van der Waals surface area contributed by atoms with Gasteiger partial charge in [0.15, 0.2) is 0 Å². The topological polar surface area (TPSA) is 56.0 Å². The minimum atomic E-state index is -0.512. The molecule has 0 aliphatic carbocycles. The van der Waals surface area contributed by atoms with E-state index in [9.17, 15) is 9.18 Å². The smallest absolute Gasteiger partial charge is 0.241 e. The predicted molar refractivity (Wildman–Crippen MR) is 67.9 cm³/mol. The first-order chi connectivity index (χ1) is 8.65. The van der Waals surface area contributed by atoms with Gasteiger partial charge in [-0.05, 0) is 35.4 Å². The van der Waals surface area contributed by atoms with Crippen molar-refractivity contribution in [2.45, 2.75) is 0 Å². The molecule has 0 aliphatic rings. The van der Waals surface area contributed by atoms with E-state index in [0.717, 1.165) is 16.7 Å². The number of primary amides is 1. The fourth-order valence-corrected chi connectivity index (χ4v) is 1.53. The molecule has 2 N–H and O–H groups in total. The van der Waals surface area contributed by atoms with Crippen molar-refractivity contribution < 1.29 is 9.18 Å². The van der Waals surface area contributed by atoms with Crippen molar-refractivity contribution in [3.05, 3.63) is 60.2 Å². The molecule has 0 fully saturated rings. The zero-order chi connectivity index (χ0) is 13.0. The first-order valence-electron chi connectivity index (χ1n) is 5.33.